The van der Waals surface area contributed by atoms with E-state index in [0.717, 1.165) is 5.92 Å². The van der Waals surface area contributed by atoms with Crippen molar-refractivity contribution in [3.05, 3.63) is 0 Å². The summed E-state index contributed by atoms with van der Waals surface area (Å²) in [4.78, 5) is 12.5. The number of nitrogens with one attached hydrogen (secondary N) is 2. The van der Waals surface area contributed by atoms with E-state index < -0.39 is 0 Å². The zero-order valence-corrected chi connectivity index (χ0v) is 11.7. The topological polar surface area (TPSA) is 98.0 Å². The van der Waals surface area contributed by atoms with E-state index in [1.54, 1.807) is 0 Å². The Bertz CT molecular complexity index is 425. The number of hydrogen-bond donors (Lipinski definition) is 3. The molecule has 0 radical (unpaired) electrons. The van der Waals surface area contributed by atoms with E-state index in [-0.39, 0.29) is 12.1 Å². The number of ether oxygens (including phenoxy) is 1. The summed E-state index contributed by atoms with van der Waals surface area (Å²) >= 11 is 0. The number of hydrazine groups is 1. The molecule has 1 saturated carbocycles. The fourth-order valence-corrected chi connectivity index (χ4v) is 2.03. The van der Waals surface area contributed by atoms with Gasteiger partial charge < -0.3 is 10.1 Å². The third-order valence-corrected chi connectivity index (χ3v) is 2.98. The molecule has 0 aromatic carbocycles. The molecule has 4 N–H and O–H groups in total. The van der Waals surface area contributed by atoms with Crippen LogP contribution in [0.2, 0.25) is 0 Å². The molecule has 1 aromatic heterocycles. The lowest BCUT2D eigenvalue weighted by Gasteiger charge is -2.11. The van der Waals surface area contributed by atoms with Crippen LogP contribution in [0.15, 0.2) is 0 Å². The molecular formula is C12H22N6O. The zero-order chi connectivity index (χ0) is 13.8. The van der Waals surface area contributed by atoms with Gasteiger partial charge in [0.2, 0.25) is 11.9 Å². The van der Waals surface area contributed by atoms with E-state index in [4.69, 9.17) is 10.6 Å². The molecule has 0 saturated heterocycles. The summed E-state index contributed by atoms with van der Waals surface area (Å²) in [5.41, 5.74) is 2.43. The second kappa shape index (κ2) is 6.01. The lowest BCUT2D eigenvalue weighted by Crippen LogP contribution is -2.17. The van der Waals surface area contributed by atoms with E-state index in [1.807, 2.05) is 13.8 Å². The lowest BCUT2D eigenvalue weighted by atomic mass is 10.2. The highest BCUT2D eigenvalue weighted by Gasteiger charge is 2.36. The van der Waals surface area contributed by atoms with Crippen LogP contribution in [0, 0.1) is 5.92 Å². The summed E-state index contributed by atoms with van der Waals surface area (Å²) in [6.45, 7) is 6.04. The molecule has 2 rings (SSSR count). The first-order valence-electron chi connectivity index (χ1n) is 6.78. The molecule has 7 heteroatoms. The molecule has 1 aliphatic rings. The van der Waals surface area contributed by atoms with Gasteiger partial charge in [-0.2, -0.15) is 15.0 Å². The zero-order valence-electron chi connectivity index (χ0n) is 11.7. The number of nitrogen functional groups attached to an aromatic ring is 1. The van der Waals surface area contributed by atoms with Crippen molar-refractivity contribution >= 4 is 11.9 Å². The predicted molar refractivity (Wildman–Crippen MR) is 73.8 cm³/mol. The van der Waals surface area contributed by atoms with E-state index in [9.17, 15) is 0 Å². The van der Waals surface area contributed by atoms with Gasteiger partial charge in [0.15, 0.2) is 0 Å². The fraction of sp³-hybridized carbons (Fsp3) is 0.750. The van der Waals surface area contributed by atoms with Crippen molar-refractivity contribution in [2.24, 2.45) is 11.8 Å². The summed E-state index contributed by atoms with van der Waals surface area (Å²) in [7, 11) is 0. The van der Waals surface area contributed by atoms with Crippen LogP contribution in [0.5, 0.6) is 6.01 Å². The van der Waals surface area contributed by atoms with Crippen molar-refractivity contribution in [1.82, 2.24) is 15.0 Å². The highest BCUT2D eigenvalue weighted by Crippen LogP contribution is 2.36. The maximum atomic E-state index is 5.48. The Morgan fingerprint density at radius 3 is 2.68 bits per heavy atom. The molecule has 1 aliphatic carbocycles. The summed E-state index contributed by atoms with van der Waals surface area (Å²) < 4.78 is 5.48. The maximum absolute atomic E-state index is 5.48. The SMILES string of the molecule is CCCC1CC1Nc1nc(NN)nc(OC(C)C)n1. The van der Waals surface area contributed by atoms with Gasteiger partial charge >= 0.3 is 6.01 Å². The summed E-state index contributed by atoms with van der Waals surface area (Å²) in [6, 6.07) is 0.744. The number of anilines is 2. The number of aromatic nitrogens is 3. The minimum absolute atomic E-state index is 0.00893. The van der Waals surface area contributed by atoms with Gasteiger partial charge in [-0.25, -0.2) is 5.84 Å². The minimum Gasteiger partial charge on any atom is -0.461 e. The van der Waals surface area contributed by atoms with Crippen molar-refractivity contribution in [3.63, 3.8) is 0 Å². The molecular weight excluding hydrogens is 244 g/mol. The Morgan fingerprint density at radius 2 is 2.05 bits per heavy atom. The van der Waals surface area contributed by atoms with Crippen LogP contribution in [0.1, 0.15) is 40.0 Å². The Balaban J connectivity index is 2.03. The third kappa shape index (κ3) is 3.92. The number of nitrogens with two attached hydrogens (primary N) is 1. The van der Waals surface area contributed by atoms with Gasteiger partial charge in [0.25, 0.3) is 0 Å². The lowest BCUT2D eigenvalue weighted by molar-refractivity contribution is 0.222. The molecule has 2 unspecified atom stereocenters. The predicted octanol–water partition coefficient (Wildman–Crippen LogP) is 1.54. The van der Waals surface area contributed by atoms with Crippen LogP contribution in [0.3, 0.4) is 0 Å². The first kappa shape index (κ1) is 13.8. The number of nitrogens with zero attached hydrogens (tertiary/aromatic N) is 3. The van der Waals surface area contributed by atoms with Crippen molar-refractivity contribution in [1.29, 1.82) is 0 Å². The van der Waals surface area contributed by atoms with Crippen molar-refractivity contribution in [2.45, 2.75) is 52.2 Å². The van der Waals surface area contributed by atoms with Gasteiger partial charge in [-0.3, -0.25) is 5.43 Å². The standard InChI is InChI=1S/C12H22N6O/c1-4-5-8-6-9(8)14-10-15-11(18-13)17-12(16-10)19-7(2)3/h7-9H,4-6,13H2,1-3H3,(H2,14,15,16,17,18). The van der Waals surface area contributed by atoms with Crippen molar-refractivity contribution in [2.75, 3.05) is 10.7 Å². The molecule has 1 aromatic rings. The quantitative estimate of drug-likeness (QED) is 0.508. The first-order chi connectivity index (χ1) is 9.12. The van der Waals surface area contributed by atoms with Crippen LogP contribution in [-0.4, -0.2) is 27.1 Å². The Kier molecular flexibility index (Phi) is 4.36. The molecule has 0 amide bonds. The molecule has 106 valence electrons. The summed E-state index contributed by atoms with van der Waals surface area (Å²) in [5.74, 6) is 6.90. The second-order valence-corrected chi connectivity index (χ2v) is 5.11. The van der Waals surface area contributed by atoms with Gasteiger partial charge in [0.1, 0.15) is 0 Å². The molecule has 0 aliphatic heterocycles. The average molecular weight is 266 g/mol. The van der Waals surface area contributed by atoms with Gasteiger partial charge in [-0.15, -0.1) is 0 Å². The Hall–Kier alpha value is -1.63. The van der Waals surface area contributed by atoms with E-state index in [0.29, 0.717) is 17.9 Å². The molecule has 1 heterocycles. The fourth-order valence-electron chi connectivity index (χ4n) is 2.03. The summed E-state index contributed by atoms with van der Waals surface area (Å²) in [5, 5.41) is 3.30. The van der Waals surface area contributed by atoms with Crippen molar-refractivity contribution < 1.29 is 4.74 Å². The highest BCUT2D eigenvalue weighted by atomic mass is 16.5. The second-order valence-electron chi connectivity index (χ2n) is 5.11. The maximum Gasteiger partial charge on any atom is 0.323 e. The largest absolute Gasteiger partial charge is 0.461 e. The highest BCUT2D eigenvalue weighted by molar-refractivity contribution is 5.37. The van der Waals surface area contributed by atoms with Gasteiger partial charge in [0.05, 0.1) is 6.10 Å². The van der Waals surface area contributed by atoms with Crippen molar-refractivity contribution in [3.8, 4) is 6.01 Å². The first-order valence-corrected chi connectivity index (χ1v) is 6.78. The van der Waals surface area contributed by atoms with Gasteiger partial charge in [0, 0.05) is 6.04 Å². The van der Waals surface area contributed by atoms with Crippen LogP contribution in [-0.2, 0) is 0 Å². The van der Waals surface area contributed by atoms with E-state index in [1.165, 1.54) is 19.3 Å². The molecule has 1 fully saturated rings. The molecule has 19 heavy (non-hydrogen) atoms. The van der Waals surface area contributed by atoms with Crippen LogP contribution in [0.4, 0.5) is 11.9 Å². The summed E-state index contributed by atoms with van der Waals surface area (Å²) in [6.07, 6.45) is 3.62. The Labute approximate surface area is 113 Å². The normalized spacial score (nSPS) is 21.3. The average Bonchev–Trinajstić information content (AvgIpc) is 3.06. The third-order valence-electron chi connectivity index (χ3n) is 2.98. The van der Waals surface area contributed by atoms with Crippen LogP contribution < -0.4 is 21.3 Å². The van der Waals surface area contributed by atoms with Gasteiger partial charge in [-0.05, 0) is 32.6 Å². The van der Waals surface area contributed by atoms with Crippen LogP contribution in [0.25, 0.3) is 0 Å². The van der Waals surface area contributed by atoms with E-state index in [2.05, 4.69) is 32.6 Å². The Morgan fingerprint density at radius 1 is 1.32 bits per heavy atom. The number of hydrogen-bond acceptors (Lipinski definition) is 7. The monoisotopic (exact) mass is 266 g/mol. The van der Waals surface area contributed by atoms with Gasteiger partial charge in [-0.1, -0.05) is 13.3 Å². The van der Waals surface area contributed by atoms with Crippen LogP contribution >= 0.6 is 0 Å². The number of rotatable bonds is 7. The minimum atomic E-state index is 0.00893. The smallest absolute Gasteiger partial charge is 0.323 e. The van der Waals surface area contributed by atoms with E-state index >= 15 is 0 Å². The molecule has 7 nitrogen and oxygen atoms in total. The molecule has 0 spiro atoms. The molecule has 0 bridgehead atoms. The molecule has 2 atom stereocenters.